The standard InChI is InChI=1S/C23H26O4/c1-3-21(27-22(24)16-15-18-11-7-5-8-12-18)20(23(25)26-4-2)17-19-13-9-6-10-14-19/h5-16,20-21H,3-4,17H2,1-2H3/b16-15+. The van der Waals surface area contributed by atoms with Crippen molar-refractivity contribution >= 4 is 18.0 Å². The van der Waals surface area contributed by atoms with Gasteiger partial charge >= 0.3 is 11.9 Å². The molecule has 0 aromatic heterocycles. The molecule has 4 heteroatoms. The van der Waals surface area contributed by atoms with E-state index in [-0.39, 0.29) is 5.97 Å². The van der Waals surface area contributed by atoms with Crippen LogP contribution in [0, 0.1) is 5.92 Å². The van der Waals surface area contributed by atoms with Gasteiger partial charge in [-0.15, -0.1) is 0 Å². The lowest BCUT2D eigenvalue weighted by Crippen LogP contribution is -2.34. The van der Waals surface area contributed by atoms with Gasteiger partial charge in [-0.1, -0.05) is 67.6 Å². The number of hydrogen-bond acceptors (Lipinski definition) is 4. The maximum Gasteiger partial charge on any atom is 0.331 e. The molecule has 2 atom stereocenters. The number of carbonyl (C=O) groups is 2. The van der Waals surface area contributed by atoms with E-state index in [0.717, 1.165) is 11.1 Å². The fourth-order valence-electron chi connectivity index (χ4n) is 2.85. The summed E-state index contributed by atoms with van der Waals surface area (Å²) in [6.45, 7) is 3.96. The first-order chi connectivity index (χ1) is 13.1. The smallest absolute Gasteiger partial charge is 0.331 e. The molecule has 0 aliphatic rings. The van der Waals surface area contributed by atoms with Gasteiger partial charge < -0.3 is 9.47 Å². The van der Waals surface area contributed by atoms with Crippen LogP contribution in [0.15, 0.2) is 66.7 Å². The van der Waals surface area contributed by atoms with Crippen molar-refractivity contribution in [2.24, 2.45) is 5.92 Å². The molecule has 0 aliphatic heterocycles. The average molecular weight is 366 g/mol. The number of hydrogen-bond donors (Lipinski definition) is 0. The van der Waals surface area contributed by atoms with Crippen molar-refractivity contribution in [2.45, 2.75) is 32.8 Å². The molecule has 0 saturated heterocycles. The van der Waals surface area contributed by atoms with Crippen LogP contribution < -0.4 is 0 Å². The van der Waals surface area contributed by atoms with E-state index >= 15 is 0 Å². The molecular formula is C23H26O4. The minimum absolute atomic E-state index is 0.294. The second-order valence-electron chi connectivity index (χ2n) is 6.18. The van der Waals surface area contributed by atoms with Crippen LogP contribution in [0.2, 0.25) is 0 Å². The molecule has 27 heavy (non-hydrogen) atoms. The van der Waals surface area contributed by atoms with Crippen LogP contribution in [0.5, 0.6) is 0 Å². The van der Waals surface area contributed by atoms with Gasteiger partial charge in [0.2, 0.25) is 0 Å². The van der Waals surface area contributed by atoms with E-state index < -0.39 is 18.0 Å². The SMILES string of the molecule is CCOC(=O)C(Cc1ccccc1)C(CC)OC(=O)/C=C/c1ccccc1. The first kappa shape index (κ1) is 20.4. The van der Waals surface area contributed by atoms with Crippen molar-refractivity contribution in [1.29, 1.82) is 0 Å². The average Bonchev–Trinajstić information content (AvgIpc) is 2.70. The van der Waals surface area contributed by atoms with Crippen molar-refractivity contribution in [3.05, 3.63) is 77.9 Å². The number of ether oxygens (including phenoxy) is 2. The fourth-order valence-corrected chi connectivity index (χ4v) is 2.85. The molecule has 2 aromatic rings. The van der Waals surface area contributed by atoms with Crippen molar-refractivity contribution in [1.82, 2.24) is 0 Å². The van der Waals surface area contributed by atoms with E-state index in [1.165, 1.54) is 6.08 Å². The van der Waals surface area contributed by atoms with E-state index in [4.69, 9.17) is 9.47 Å². The Hall–Kier alpha value is -2.88. The van der Waals surface area contributed by atoms with E-state index in [1.54, 1.807) is 13.0 Å². The van der Waals surface area contributed by atoms with Gasteiger partial charge in [-0.25, -0.2) is 4.79 Å². The van der Waals surface area contributed by atoms with Crippen molar-refractivity contribution < 1.29 is 19.1 Å². The summed E-state index contributed by atoms with van der Waals surface area (Å²) in [4.78, 5) is 24.7. The molecule has 2 unspecified atom stereocenters. The third-order valence-electron chi connectivity index (χ3n) is 4.22. The summed E-state index contributed by atoms with van der Waals surface area (Å²) in [6, 6.07) is 19.2. The zero-order chi connectivity index (χ0) is 19.5. The van der Waals surface area contributed by atoms with Gasteiger partial charge in [0.15, 0.2) is 0 Å². The van der Waals surface area contributed by atoms with Gasteiger partial charge in [-0.05, 0) is 37.0 Å². The predicted molar refractivity (Wildman–Crippen MR) is 106 cm³/mol. The molecule has 0 radical (unpaired) electrons. The molecule has 0 N–H and O–H groups in total. The zero-order valence-electron chi connectivity index (χ0n) is 15.8. The van der Waals surface area contributed by atoms with Crippen LogP contribution in [0.1, 0.15) is 31.4 Å². The topological polar surface area (TPSA) is 52.6 Å². The molecule has 0 amide bonds. The summed E-state index contributed by atoms with van der Waals surface area (Å²) in [6.07, 6.45) is 3.54. The first-order valence-corrected chi connectivity index (χ1v) is 9.28. The molecule has 0 heterocycles. The Labute approximate surface area is 160 Å². The summed E-state index contributed by atoms with van der Waals surface area (Å²) in [5.41, 5.74) is 1.92. The molecule has 0 spiro atoms. The lowest BCUT2D eigenvalue weighted by molar-refractivity contribution is -0.159. The highest BCUT2D eigenvalue weighted by atomic mass is 16.6. The Bertz CT molecular complexity index is 737. The molecule has 4 nitrogen and oxygen atoms in total. The summed E-state index contributed by atoms with van der Waals surface area (Å²) >= 11 is 0. The quantitative estimate of drug-likeness (QED) is 0.486. The molecule has 2 aromatic carbocycles. The first-order valence-electron chi connectivity index (χ1n) is 9.28. The number of carbonyl (C=O) groups excluding carboxylic acids is 2. The Morgan fingerprint density at radius 2 is 1.59 bits per heavy atom. The summed E-state index contributed by atoms with van der Waals surface area (Å²) in [7, 11) is 0. The van der Waals surface area contributed by atoms with Gasteiger partial charge in [0, 0.05) is 6.08 Å². The summed E-state index contributed by atoms with van der Waals surface area (Å²) < 4.78 is 10.8. The third-order valence-corrected chi connectivity index (χ3v) is 4.22. The number of benzene rings is 2. The summed E-state index contributed by atoms with van der Waals surface area (Å²) in [5.74, 6) is -1.34. The third kappa shape index (κ3) is 6.74. The Morgan fingerprint density at radius 3 is 2.19 bits per heavy atom. The van der Waals surface area contributed by atoms with Crippen LogP contribution >= 0.6 is 0 Å². The van der Waals surface area contributed by atoms with Crippen LogP contribution in [-0.2, 0) is 25.5 Å². The lowest BCUT2D eigenvalue weighted by atomic mass is 9.92. The van der Waals surface area contributed by atoms with Crippen molar-refractivity contribution in [2.75, 3.05) is 6.61 Å². The van der Waals surface area contributed by atoms with Gasteiger partial charge in [0.25, 0.3) is 0 Å². The molecular weight excluding hydrogens is 340 g/mol. The fraction of sp³-hybridized carbons (Fsp3) is 0.304. The van der Waals surface area contributed by atoms with Crippen LogP contribution in [0.4, 0.5) is 0 Å². The minimum atomic E-state index is -0.544. The van der Waals surface area contributed by atoms with E-state index in [0.29, 0.717) is 19.4 Å². The van der Waals surface area contributed by atoms with Crippen molar-refractivity contribution in [3.8, 4) is 0 Å². The second kappa shape index (κ2) is 11.0. The Kier molecular flexibility index (Phi) is 8.30. The van der Waals surface area contributed by atoms with Crippen molar-refractivity contribution in [3.63, 3.8) is 0 Å². The maximum absolute atomic E-state index is 12.5. The zero-order valence-corrected chi connectivity index (χ0v) is 15.8. The second-order valence-corrected chi connectivity index (χ2v) is 6.18. The van der Waals surface area contributed by atoms with Gasteiger partial charge in [0.05, 0.1) is 12.5 Å². The molecule has 2 rings (SSSR count). The van der Waals surface area contributed by atoms with E-state index in [2.05, 4.69) is 0 Å². The highest BCUT2D eigenvalue weighted by molar-refractivity contribution is 5.87. The normalized spacial score (nSPS) is 13.1. The largest absolute Gasteiger partial charge is 0.466 e. The molecule has 0 bridgehead atoms. The molecule has 0 saturated carbocycles. The van der Waals surface area contributed by atoms with Gasteiger partial charge in [-0.2, -0.15) is 0 Å². The molecule has 0 aliphatic carbocycles. The Morgan fingerprint density at radius 1 is 0.963 bits per heavy atom. The van der Waals surface area contributed by atoms with Crippen LogP contribution in [0.25, 0.3) is 6.08 Å². The Balaban J connectivity index is 2.09. The minimum Gasteiger partial charge on any atom is -0.466 e. The van der Waals surface area contributed by atoms with Crippen LogP contribution in [0.3, 0.4) is 0 Å². The number of esters is 2. The monoisotopic (exact) mass is 366 g/mol. The van der Waals surface area contributed by atoms with E-state index in [9.17, 15) is 9.59 Å². The summed E-state index contributed by atoms with van der Waals surface area (Å²) in [5, 5.41) is 0. The van der Waals surface area contributed by atoms with E-state index in [1.807, 2.05) is 67.6 Å². The number of rotatable bonds is 9. The highest BCUT2D eigenvalue weighted by Crippen LogP contribution is 2.20. The predicted octanol–water partition coefficient (Wildman–Crippen LogP) is 4.44. The molecule has 0 fully saturated rings. The highest BCUT2D eigenvalue weighted by Gasteiger charge is 2.31. The maximum atomic E-state index is 12.5. The lowest BCUT2D eigenvalue weighted by Gasteiger charge is -2.24. The molecule has 142 valence electrons. The van der Waals surface area contributed by atoms with Gasteiger partial charge in [-0.3, -0.25) is 4.79 Å². The van der Waals surface area contributed by atoms with Gasteiger partial charge in [0.1, 0.15) is 6.10 Å². The van der Waals surface area contributed by atoms with Crippen LogP contribution in [-0.4, -0.2) is 24.6 Å².